The van der Waals surface area contributed by atoms with Crippen molar-refractivity contribution in [3.8, 4) is 0 Å². The van der Waals surface area contributed by atoms with Crippen molar-refractivity contribution < 1.29 is 22.7 Å². The SMILES string of the molecule is CCN(CC)S(=O)(=O)c1cc(C(=O)OCC(=O)N(c2ccccc2)C(C)C)ccc1Cl. The Bertz CT molecular complexity index is 1020. The summed E-state index contributed by atoms with van der Waals surface area (Å²) in [5.74, 6) is -1.20. The molecule has 0 fully saturated rings. The average Bonchev–Trinajstić information content (AvgIpc) is 2.73. The van der Waals surface area contributed by atoms with Crippen molar-refractivity contribution in [3.63, 3.8) is 0 Å². The largest absolute Gasteiger partial charge is 0.452 e. The van der Waals surface area contributed by atoms with Gasteiger partial charge in [0, 0.05) is 24.8 Å². The lowest BCUT2D eigenvalue weighted by Crippen LogP contribution is -2.39. The number of nitrogens with zero attached hydrogens (tertiary/aromatic N) is 2. The molecule has 0 saturated carbocycles. The number of benzene rings is 2. The quantitative estimate of drug-likeness (QED) is 0.522. The molecule has 2 aromatic rings. The van der Waals surface area contributed by atoms with E-state index in [9.17, 15) is 18.0 Å². The molecule has 0 atom stereocenters. The predicted molar refractivity (Wildman–Crippen MR) is 121 cm³/mol. The van der Waals surface area contributed by atoms with Crippen LogP contribution in [-0.4, -0.2) is 50.3 Å². The van der Waals surface area contributed by atoms with E-state index >= 15 is 0 Å². The number of rotatable bonds is 9. The minimum absolute atomic E-state index is 0.00117. The Kier molecular flexibility index (Phi) is 8.61. The van der Waals surface area contributed by atoms with E-state index in [0.29, 0.717) is 5.69 Å². The van der Waals surface area contributed by atoms with Crippen molar-refractivity contribution in [2.75, 3.05) is 24.6 Å². The standard InChI is InChI=1S/C22H27ClN2O5S/c1-5-24(6-2)31(28,29)20-14-17(12-13-19(20)23)22(27)30-15-21(26)25(16(3)4)18-10-8-7-9-11-18/h7-14,16H,5-6,15H2,1-4H3. The van der Waals surface area contributed by atoms with Crippen LogP contribution in [0.25, 0.3) is 0 Å². The lowest BCUT2D eigenvalue weighted by Gasteiger charge is -2.26. The zero-order chi connectivity index (χ0) is 23.2. The minimum Gasteiger partial charge on any atom is -0.452 e. The Balaban J connectivity index is 2.20. The Labute approximate surface area is 188 Å². The van der Waals surface area contributed by atoms with Crippen molar-refractivity contribution >= 4 is 39.2 Å². The van der Waals surface area contributed by atoms with Crippen LogP contribution < -0.4 is 4.90 Å². The van der Waals surface area contributed by atoms with Gasteiger partial charge in [-0.05, 0) is 44.2 Å². The van der Waals surface area contributed by atoms with Crippen molar-refractivity contribution in [3.05, 3.63) is 59.1 Å². The van der Waals surface area contributed by atoms with E-state index in [-0.39, 0.29) is 40.5 Å². The monoisotopic (exact) mass is 466 g/mol. The van der Waals surface area contributed by atoms with Crippen LogP contribution in [0.3, 0.4) is 0 Å². The van der Waals surface area contributed by atoms with Crippen molar-refractivity contribution in [2.24, 2.45) is 0 Å². The second kappa shape index (κ2) is 10.7. The smallest absolute Gasteiger partial charge is 0.338 e. The van der Waals surface area contributed by atoms with E-state index in [1.807, 2.05) is 32.0 Å². The number of hydrogen-bond donors (Lipinski definition) is 0. The maximum atomic E-state index is 12.8. The maximum absolute atomic E-state index is 12.8. The van der Waals surface area contributed by atoms with Gasteiger partial charge in [0.25, 0.3) is 5.91 Å². The second-order valence-electron chi connectivity index (χ2n) is 7.00. The first-order valence-electron chi connectivity index (χ1n) is 9.97. The van der Waals surface area contributed by atoms with Crippen LogP contribution in [-0.2, 0) is 19.6 Å². The highest BCUT2D eigenvalue weighted by atomic mass is 35.5. The van der Waals surface area contributed by atoms with E-state index in [4.69, 9.17) is 16.3 Å². The van der Waals surface area contributed by atoms with Crippen LogP contribution in [0.15, 0.2) is 53.4 Å². The summed E-state index contributed by atoms with van der Waals surface area (Å²) < 4.78 is 32.0. The molecular weight excluding hydrogens is 440 g/mol. The van der Waals surface area contributed by atoms with Crippen LogP contribution in [0.1, 0.15) is 38.1 Å². The summed E-state index contributed by atoms with van der Waals surface area (Å²) >= 11 is 6.10. The van der Waals surface area contributed by atoms with Gasteiger partial charge in [-0.3, -0.25) is 4.79 Å². The van der Waals surface area contributed by atoms with Crippen molar-refractivity contribution in [2.45, 2.75) is 38.6 Å². The molecule has 0 N–H and O–H groups in total. The first-order valence-corrected chi connectivity index (χ1v) is 11.8. The number of carbonyl (C=O) groups excluding carboxylic acids is 2. The number of anilines is 1. The van der Waals surface area contributed by atoms with Gasteiger partial charge in [0.1, 0.15) is 4.90 Å². The Morgan fingerprint density at radius 2 is 1.65 bits per heavy atom. The molecular formula is C22H27ClN2O5S. The normalized spacial score (nSPS) is 11.6. The summed E-state index contributed by atoms with van der Waals surface area (Å²) in [4.78, 5) is 26.6. The fourth-order valence-electron chi connectivity index (χ4n) is 3.13. The number of sulfonamides is 1. The Morgan fingerprint density at radius 1 is 1.03 bits per heavy atom. The van der Waals surface area contributed by atoms with E-state index < -0.39 is 22.6 Å². The minimum atomic E-state index is -3.86. The van der Waals surface area contributed by atoms with E-state index in [2.05, 4.69) is 0 Å². The molecule has 2 rings (SSSR count). The Hall–Kier alpha value is -2.42. The highest BCUT2D eigenvalue weighted by Gasteiger charge is 2.26. The van der Waals surface area contributed by atoms with Gasteiger partial charge in [0.2, 0.25) is 10.0 Å². The van der Waals surface area contributed by atoms with Gasteiger partial charge in [-0.15, -0.1) is 0 Å². The lowest BCUT2D eigenvalue weighted by atomic mass is 10.2. The predicted octanol–water partition coefficient (Wildman–Crippen LogP) is 3.97. The number of carbonyl (C=O) groups is 2. The molecule has 7 nitrogen and oxygen atoms in total. The van der Waals surface area contributed by atoms with Gasteiger partial charge in [-0.25, -0.2) is 13.2 Å². The number of ether oxygens (including phenoxy) is 1. The summed E-state index contributed by atoms with van der Waals surface area (Å²) in [6.45, 7) is 7.20. The number of para-hydroxylation sites is 1. The summed E-state index contributed by atoms with van der Waals surface area (Å²) in [7, 11) is -3.86. The lowest BCUT2D eigenvalue weighted by molar-refractivity contribution is -0.122. The molecule has 0 saturated heterocycles. The molecule has 1 amide bonds. The molecule has 31 heavy (non-hydrogen) atoms. The summed E-state index contributed by atoms with van der Waals surface area (Å²) in [6, 6.07) is 12.8. The first-order chi connectivity index (χ1) is 14.6. The second-order valence-corrected chi connectivity index (χ2v) is 9.32. The average molecular weight is 467 g/mol. The van der Waals surface area contributed by atoms with E-state index in [0.717, 1.165) is 0 Å². The van der Waals surface area contributed by atoms with E-state index in [1.54, 1.807) is 26.0 Å². The molecule has 9 heteroatoms. The van der Waals surface area contributed by atoms with E-state index in [1.165, 1.54) is 27.4 Å². The zero-order valence-electron chi connectivity index (χ0n) is 18.0. The number of hydrogen-bond acceptors (Lipinski definition) is 5. The fourth-order valence-corrected chi connectivity index (χ4v) is 5.09. The molecule has 0 unspecified atom stereocenters. The van der Waals surface area contributed by atoms with Crippen LogP contribution in [0.4, 0.5) is 5.69 Å². The van der Waals surface area contributed by atoms with Crippen molar-refractivity contribution in [1.82, 2.24) is 4.31 Å². The summed E-state index contributed by atoms with van der Waals surface area (Å²) in [5.41, 5.74) is 0.691. The molecule has 0 aliphatic rings. The first kappa shape index (κ1) is 24.8. The van der Waals surface area contributed by atoms with Gasteiger partial charge in [-0.2, -0.15) is 4.31 Å². The zero-order valence-corrected chi connectivity index (χ0v) is 19.6. The molecule has 168 valence electrons. The molecule has 0 radical (unpaired) electrons. The molecule has 0 heterocycles. The van der Waals surface area contributed by atoms with Gasteiger partial charge < -0.3 is 9.64 Å². The summed E-state index contributed by atoms with van der Waals surface area (Å²) in [5, 5.41) is 0.00888. The summed E-state index contributed by atoms with van der Waals surface area (Å²) in [6.07, 6.45) is 0. The molecule has 0 aliphatic carbocycles. The van der Waals surface area contributed by atoms with Crippen LogP contribution in [0, 0.1) is 0 Å². The third-order valence-electron chi connectivity index (χ3n) is 4.64. The maximum Gasteiger partial charge on any atom is 0.338 e. The van der Waals surface area contributed by atoms with Crippen LogP contribution in [0.2, 0.25) is 5.02 Å². The third-order valence-corrected chi connectivity index (χ3v) is 7.17. The third kappa shape index (κ3) is 5.84. The topological polar surface area (TPSA) is 84.0 Å². The molecule has 0 aromatic heterocycles. The molecule has 2 aromatic carbocycles. The van der Waals surface area contributed by atoms with Gasteiger partial charge in [-0.1, -0.05) is 43.6 Å². The number of halogens is 1. The van der Waals surface area contributed by atoms with Crippen LogP contribution in [0.5, 0.6) is 0 Å². The molecule has 0 spiro atoms. The molecule has 0 aliphatic heterocycles. The fraction of sp³-hybridized carbons (Fsp3) is 0.364. The van der Waals surface area contributed by atoms with Gasteiger partial charge in [0.05, 0.1) is 10.6 Å². The molecule has 0 bridgehead atoms. The van der Waals surface area contributed by atoms with Crippen molar-refractivity contribution in [1.29, 1.82) is 0 Å². The number of amides is 1. The number of esters is 1. The highest BCUT2D eigenvalue weighted by molar-refractivity contribution is 7.89. The van der Waals surface area contributed by atoms with Gasteiger partial charge in [0.15, 0.2) is 6.61 Å². The van der Waals surface area contributed by atoms with Gasteiger partial charge >= 0.3 is 5.97 Å². The van der Waals surface area contributed by atoms with Crippen LogP contribution >= 0.6 is 11.6 Å². The Morgan fingerprint density at radius 3 is 2.19 bits per heavy atom. The highest BCUT2D eigenvalue weighted by Crippen LogP contribution is 2.26.